The van der Waals surface area contributed by atoms with Crippen molar-refractivity contribution in [1.82, 2.24) is 0 Å². The zero-order valence-electron chi connectivity index (χ0n) is 12.1. The summed E-state index contributed by atoms with van der Waals surface area (Å²) in [6.45, 7) is 3.98. The second-order valence-corrected chi connectivity index (χ2v) is 5.65. The van der Waals surface area contributed by atoms with E-state index in [2.05, 4.69) is 35.0 Å². The smallest absolute Gasteiger partial charge is 0.0647 e. The maximum absolute atomic E-state index is 5.57. The first-order chi connectivity index (χ1) is 8.91. The van der Waals surface area contributed by atoms with E-state index in [-0.39, 0.29) is 0 Å². The molecule has 0 spiro atoms. The number of rotatable bonds is 14. The van der Waals surface area contributed by atoms with Crippen molar-refractivity contribution in [1.29, 1.82) is 0 Å². The lowest BCUT2D eigenvalue weighted by molar-refractivity contribution is 0.157. The molecule has 0 aromatic carbocycles. The molecule has 0 saturated carbocycles. The van der Waals surface area contributed by atoms with Gasteiger partial charge in [-0.1, -0.05) is 73.5 Å². The zero-order valence-corrected chi connectivity index (χ0v) is 13.7. The van der Waals surface area contributed by atoms with Gasteiger partial charge in [0.15, 0.2) is 0 Å². The van der Waals surface area contributed by atoms with Gasteiger partial charge in [0, 0.05) is 11.9 Å². The van der Waals surface area contributed by atoms with Gasteiger partial charge in [0.2, 0.25) is 0 Å². The van der Waals surface area contributed by atoms with Crippen LogP contribution < -0.4 is 0 Å². The van der Waals surface area contributed by atoms with Gasteiger partial charge in [-0.25, -0.2) is 0 Å². The van der Waals surface area contributed by atoms with Gasteiger partial charge in [-0.2, -0.15) is 0 Å². The molecule has 0 N–H and O–H groups in total. The number of alkyl halides is 1. The number of hydrogen-bond acceptors (Lipinski definition) is 1. The van der Waals surface area contributed by atoms with E-state index >= 15 is 0 Å². The van der Waals surface area contributed by atoms with Crippen molar-refractivity contribution in [3.63, 3.8) is 0 Å². The third kappa shape index (κ3) is 16.2. The SMILES string of the molecule is CCCCCC/C=C\COCCCCCCCBr. The molecule has 2 heteroatoms. The Labute approximate surface area is 123 Å². The van der Waals surface area contributed by atoms with Crippen LogP contribution in [0.1, 0.15) is 71.1 Å². The Morgan fingerprint density at radius 2 is 1.56 bits per heavy atom. The third-order valence-corrected chi connectivity index (χ3v) is 3.59. The van der Waals surface area contributed by atoms with E-state index in [1.54, 1.807) is 0 Å². The molecule has 0 aliphatic heterocycles. The van der Waals surface area contributed by atoms with Crippen LogP contribution in [-0.4, -0.2) is 18.5 Å². The van der Waals surface area contributed by atoms with E-state index in [0.29, 0.717) is 0 Å². The first-order valence-corrected chi connectivity index (χ1v) is 8.82. The fraction of sp³-hybridized carbons (Fsp3) is 0.875. The van der Waals surface area contributed by atoms with Gasteiger partial charge in [0.25, 0.3) is 0 Å². The molecule has 108 valence electrons. The molecule has 0 aliphatic rings. The zero-order chi connectivity index (χ0) is 13.3. The maximum atomic E-state index is 5.57. The van der Waals surface area contributed by atoms with Crippen LogP contribution in [-0.2, 0) is 4.74 Å². The van der Waals surface area contributed by atoms with E-state index in [1.165, 1.54) is 64.2 Å². The monoisotopic (exact) mass is 318 g/mol. The number of ether oxygens (including phenoxy) is 1. The fourth-order valence-electron chi connectivity index (χ4n) is 1.86. The summed E-state index contributed by atoms with van der Waals surface area (Å²) in [4.78, 5) is 0. The van der Waals surface area contributed by atoms with Crippen molar-refractivity contribution in [3.8, 4) is 0 Å². The molecule has 0 atom stereocenters. The minimum atomic E-state index is 0.801. The third-order valence-electron chi connectivity index (χ3n) is 3.03. The van der Waals surface area contributed by atoms with E-state index in [1.807, 2.05) is 0 Å². The summed E-state index contributed by atoms with van der Waals surface area (Å²) in [5.41, 5.74) is 0. The average molecular weight is 319 g/mol. The van der Waals surface area contributed by atoms with E-state index < -0.39 is 0 Å². The lowest BCUT2D eigenvalue weighted by atomic mass is 10.1. The molecule has 0 heterocycles. The van der Waals surface area contributed by atoms with Crippen molar-refractivity contribution in [3.05, 3.63) is 12.2 Å². The number of hydrogen-bond donors (Lipinski definition) is 0. The summed E-state index contributed by atoms with van der Waals surface area (Å²) in [6.07, 6.45) is 17.6. The molecule has 0 fully saturated rings. The van der Waals surface area contributed by atoms with Crippen LogP contribution in [0.3, 0.4) is 0 Å². The Bertz CT molecular complexity index is 168. The number of unbranched alkanes of at least 4 members (excludes halogenated alkanes) is 8. The Kier molecular flexibility index (Phi) is 17.4. The van der Waals surface area contributed by atoms with Gasteiger partial charge in [-0.3, -0.25) is 0 Å². The van der Waals surface area contributed by atoms with E-state index in [4.69, 9.17) is 4.74 Å². The Morgan fingerprint density at radius 1 is 0.833 bits per heavy atom. The first-order valence-electron chi connectivity index (χ1n) is 7.70. The second kappa shape index (κ2) is 17.2. The molecule has 0 aliphatic carbocycles. The quantitative estimate of drug-likeness (QED) is 0.221. The van der Waals surface area contributed by atoms with Crippen molar-refractivity contribution < 1.29 is 4.74 Å². The predicted octanol–water partition coefficient (Wildman–Crippen LogP) is 5.88. The molecule has 1 nitrogen and oxygen atoms in total. The van der Waals surface area contributed by atoms with Gasteiger partial charge in [0.1, 0.15) is 0 Å². The lowest BCUT2D eigenvalue weighted by Gasteiger charge is -2.01. The maximum Gasteiger partial charge on any atom is 0.0647 e. The van der Waals surface area contributed by atoms with Crippen LogP contribution >= 0.6 is 15.9 Å². The molecule has 0 bridgehead atoms. The minimum Gasteiger partial charge on any atom is -0.377 e. The lowest BCUT2D eigenvalue weighted by Crippen LogP contribution is -1.94. The molecule has 0 aromatic heterocycles. The summed E-state index contributed by atoms with van der Waals surface area (Å²) in [7, 11) is 0. The summed E-state index contributed by atoms with van der Waals surface area (Å²) in [5, 5.41) is 1.15. The van der Waals surface area contributed by atoms with Crippen LogP contribution in [0.4, 0.5) is 0 Å². The highest BCUT2D eigenvalue weighted by atomic mass is 79.9. The highest BCUT2D eigenvalue weighted by Crippen LogP contribution is 2.05. The van der Waals surface area contributed by atoms with Crippen LogP contribution in [0.2, 0.25) is 0 Å². The molecular formula is C16H31BrO. The van der Waals surface area contributed by atoms with E-state index in [9.17, 15) is 0 Å². The van der Waals surface area contributed by atoms with E-state index in [0.717, 1.165) is 18.5 Å². The standard InChI is InChI=1S/C16H31BrO/c1-2-3-4-5-6-9-12-15-18-16-13-10-7-8-11-14-17/h9,12H,2-8,10-11,13-16H2,1H3/b12-9-. The minimum absolute atomic E-state index is 0.801. The summed E-state index contributed by atoms with van der Waals surface area (Å²) in [6, 6.07) is 0. The normalized spacial score (nSPS) is 11.4. The highest BCUT2D eigenvalue weighted by Gasteiger charge is 1.90. The summed E-state index contributed by atoms with van der Waals surface area (Å²) >= 11 is 3.45. The molecule has 0 aromatic rings. The topological polar surface area (TPSA) is 9.23 Å². The molecule has 0 rings (SSSR count). The predicted molar refractivity (Wildman–Crippen MR) is 85.6 cm³/mol. The van der Waals surface area contributed by atoms with Crippen molar-refractivity contribution >= 4 is 15.9 Å². The Morgan fingerprint density at radius 3 is 2.33 bits per heavy atom. The largest absolute Gasteiger partial charge is 0.377 e. The molecule has 18 heavy (non-hydrogen) atoms. The first kappa shape index (κ1) is 18.2. The van der Waals surface area contributed by atoms with Crippen molar-refractivity contribution in [2.24, 2.45) is 0 Å². The number of halogens is 1. The van der Waals surface area contributed by atoms with Gasteiger partial charge in [-0.15, -0.1) is 0 Å². The van der Waals surface area contributed by atoms with Crippen LogP contribution in [0.25, 0.3) is 0 Å². The highest BCUT2D eigenvalue weighted by molar-refractivity contribution is 9.09. The average Bonchev–Trinajstić information content (AvgIpc) is 2.39. The second-order valence-electron chi connectivity index (χ2n) is 4.85. The molecule has 0 saturated heterocycles. The Balaban J connectivity index is 2.99. The molecule has 0 amide bonds. The number of allylic oxidation sites excluding steroid dienone is 1. The molecule has 0 unspecified atom stereocenters. The van der Waals surface area contributed by atoms with Crippen LogP contribution in [0, 0.1) is 0 Å². The molecular weight excluding hydrogens is 288 g/mol. The van der Waals surface area contributed by atoms with Crippen LogP contribution in [0.5, 0.6) is 0 Å². The summed E-state index contributed by atoms with van der Waals surface area (Å²) in [5.74, 6) is 0. The van der Waals surface area contributed by atoms with Crippen LogP contribution in [0.15, 0.2) is 12.2 Å². The van der Waals surface area contributed by atoms with Gasteiger partial charge < -0.3 is 4.74 Å². The molecule has 0 radical (unpaired) electrons. The fourth-order valence-corrected chi connectivity index (χ4v) is 2.25. The van der Waals surface area contributed by atoms with Crippen molar-refractivity contribution in [2.45, 2.75) is 71.1 Å². The summed E-state index contributed by atoms with van der Waals surface area (Å²) < 4.78 is 5.57. The van der Waals surface area contributed by atoms with Gasteiger partial charge in [-0.05, 0) is 25.7 Å². The van der Waals surface area contributed by atoms with Gasteiger partial charge in [0.05, 0.1) is 6.61 Å². The van der Waals surface area contributed by atoms with Crippen molar-refractivity contribution in [2.75, 3.05) is 18.5 Å². The van der Waals surface area contributed by atoms with Gasteiger partial charge >= 0.3 is 0 Å². The Hall–Kier alpha value is 0.180.